The normalized spacial score (nSPS) is 16.3. The number of aliphatic carboxylic acids is 1. The molecule has 0 atom stereocenters. The largest absolute Gasteiger partial charge is 0.496 e. The van der Waals surface area contributed by atoms with E-state index in [2.05, 4.69) is 22.9 Å². The van der Waals surface area contributed by atoms with Crippen LogP contribution in [0.1, 0.15) is 41.5 Å². The van der Waals surface area contributed by atoms with E-state index in [1.54, 1.807) is 7.11 Å². The van der Waals surface area contributed by atoms with Gasteiger partial charge in [0, 0.05) is 15.5 Å². The van der Waals surface area contributed by atoms with E-state index in [4.69, 9.17) is 9.84 Å². The maximum absolute atomic E-state index is 11.1. The van der Waals surface area contributed by atoms with Crippen LogP contribution in [0.3, 0.4) is 0 Å². The molecule has 0 amide bonds. The second kappa shape index (κ2) is 4.82. The van der Waals surface area contributed by atoms with Crippen molar-refractivity contribution in [2.75, 3.05) is 7.11 Å². The minimum Gasteiger partial charge on any atom is -0.496 e. The van der Waals surface area contributed by atoms with Gasteiger partial charge in [-0.3, -0.25) is 4.79 Å². The molecule has 0 bridgehead atoms. The Morgan fingerprint density at radius 1 is 1.26 bits per heavy atom. The molecule has 0 aromatic heterocycles. The quantitative estimate of drug-likeness (QED) is 0.913. The Hall–Kier alpha value is -1.03. The molecular formula is C15H19BrO3. The first kappa shape index (κ1) is 14.4. The average Bonchev–Trinajstić information content (AvgIpc) is 3.10. The molecule has 0 unspecified atom stereocenters. The van der Waals surface area contributed by atoms with Crippen LogP contribution in [0.25, 0.3) is 0 Å². The summed E-state index contributed by atoms with van der Waals surface area (Å²) in [5.74, 6) is 0.116. The van der Waals surface area contributed by atoms with E-state index in [0.717, 1.165) is 45.3 Å². The number of ether oxygens (including phenoxy) is 1. The molecule has 0 spiro atoms. The summed E-state index contributed by atoms with van der Waals surface area (Å²) in [7, 11) is 1.66. The number of carboxylic acids is 1. The van der Waals surface area contributed by atoms with Crippen LogP contribution in [0.5, 0.6) is 5.75 Å². The predicted molar refractivity (Wildman–Crippen MR) is 78.1 cm³/mol. The predicted octanol–water partition coefficient (Wildman–Crippen LogP) is 3.89. The SMILES string of the molecule is COc1c(C)c(C)c(Br)c(C)c1C1(CC(=O)O)CC1. The number of methoxy groups -OCH3 is 1. The van der Waals surface area contributed by atoms with Crippen molar-refractivity contribution in [3.05, 3.63) is 26.7 Å². The molecule has 0 aliphatic heterocycles. The van der Waals surface area contributed by atoms with Crippen LogP contribution in [-0.2, 0) is 10.2 Å². The molecule has 0 heterocycles. The molecule has 1 aromatic carbocycles. The Kier molecular flexibility index (Phi) is 3.65. The molecule has 1 aromatic rings. The van der Waals surface area contributed by atoms with Crippen molar-refractivity contribution < 1.29 is 14.6 Å². The summed E-state index contributed by atoms with van der Waals surface area (Å²) in [5, 5.41) is 9.15. The molecule has 104 valence electrons. The van der Waals surface area contributed by atoms with Crippen LogP contribution in [0.15, 0.2) is 4.47 Å². The summed E-state index contributed by atoms with van der Waals surface area (Å²) in [5.41, 5.74) is 4.20. The van der Waals surface area contributed by atoms with Gasteiger partial charge in [-0.05, 0) is 50.3 Å². The van der Waals surface area contributed by atoms with E-state index in [1.165, 1.54) is 0 Å². The summed E-state index contributed by atoms with van der Waals surface area (Å²) in [6, 6.07) is 0. The lowest BCUT2D eigenvalue weighted by molar-refractivity contribution is -0.137. The van der Waals surface area contributed by atoms with Gasteiger partial charge in [-0.1, -0.05) is 15.9 Å². The van der Waals surface area contributed by atoms with Crippen molar-refractivity contribution in [1.29, 1.82) is 0 Å². The number of benzene rings is 1. The third-order valence-electron chi connectivity index (χ3n) is 4.24. The molecule has 3 nitrogen and oxygen atoms in total. The first-order valence-electron chi connectivity index (χ1n) is 6.39. The zero-order chi connectivity index (χ0) is 14.4. The van der Waals surface area contributed by atoms with Crippen LogP contribution in [0.4, 0.5) is 0 Å². The van der Waals surface area contributed by atoms with Crippen molar-refractivity contribution in [2.45, 2.75) is 45.4 Å². The highest BCUT2D eigenvalue weighted by Crippen LogP contribution is 2.57. The molecule has 1 saturated carbocycles. The minimum atomic E-state index is -0.742. The summed E-state index contributed by atoms with van der Waals surface area (Å²) < 4.78 is 6.65. The second-order valence-electron chi connectivity index (χ2n) is 5.45. The van der Waals surface area contributed by atoms with Gasteiger partial charge in [0.05, 0.1) is 13.5 Å². The van der Waals surface area contributed by atoms with Gasteiger partial charge in [0.1, 0.15) is 5.75 Å². The van der Waals surface area contributed by atoms with Crippen LogP contribution in [0, 0.1) is 20.8 Å². The topological polar surface area (TPSA) is 46.5 Å². The minimum absolute atomic E-state index is 0.180. The monoisotopic (exact) mass is 326 g/mol. The fraction of sp³-hybridized carbons (Fsp3) is 0.533. The Bertz CT molecular complexity index is 545. The van der Waals surface area contributed by atoms with Gasteiger partial charge in [0.25, 0.3) is 0 Å². The summed E-state index contributed by atoms with van der Waals surface area (Å²) in [6.07, 6.45) is 2.02. The highest BCUT2D eigenvalue weighted by atomic mass is 79.9. The molecule has 0 radical (unpaired) electrons. The van der Waals surface area contributed by atoms with Gasteiger partial charge in [-0.2, -0.15) is 0 Å². The maximum atomic E-state index is 11.1. The number of rotatable bonds is 4. The standard InChI is InChI=1S/C15H19BrO3/c1-8-9(2)14(19-4)12(10(3)13(8)16)15(5-6-15)7-11(17)18/h5-7H2,1-4H3,(H,17,18). The van der Waals surface area contributed by atoms with E-state index in [-0.39, 0.29) is 11.8 Å². The Morgan fingerprint density at radius 3 is 2.26 bits per heavy atom. The van der Waals surface area contributed by atoms with Gasteiger partial charge in [-0.15, -0.1) is 0 Å². The Labute approximate surface area is 122 Å². The highest BCUT2D eigenvalue weighted by Gasteiger charge is 2.49. The number of hydrogen-bond acceptors (Lipinski definition) is 2. The number of hydrogen-bond donors (Lipinski definition) is 1. The van der Waals surface area contributed by atoms with Crippen molar-refractivity contribution in [1.82, 2.24) is 0 Å². The van der Waals surface area contributed by atoms with Crippen molar-refractivity contribution in [3.63, 3.8) is 0 Å². The van der Waals surface area contributed by atoms with E-state index in [9.17, 15) is 4.79 Å². The first-order valence-corrected chi connectivity index (χ1v) is 7.19. The fourth-order valence-electron chi connectivity index (χ4n) is 2.93. The zero-order valence-electron chi connectivity index (χ0n) is 11.8. The fourth-order valence-corrected chi connectivity index (χ4v) is 3.43. The van der Waals surface area contributed by atoms with Gasteiger partial charge in [0.2, 0.25) is 0 Å². The number of halogens is 1. The third-order valence-corrected chi connectivity index (χ3v) is 5.43. The second-order valence-corrected chi connectivity index (χ2v) is 6.24. The van der Waals surface area contributed by atoms with Crippen LogP contribution in [-0.4, -0.2) is 18.2 Å². The molecule has 0 saturated heterocycles. The third kappa shape index (κ3) is 2.27. The van der Waals surface area contributed by atoms with Gasteiger partial charge >= 0.3 is 5.97 Å². The van der Waals surface area contributed by atoms with Crippen LogP contribution >= 0.6 is 15.9 Å². The average molecular weight is 327 g/mol. The van der Waals surface area contributed by atoms with E-state index in [1.807, 2.05) is 13.8 Å². The molecule has 1 aliphatic carbocycles. The summed E-state index contributed by atoms with van der Waals surface area (Å²) in [4.78, 5) is 11.1. The Morgan fingerprint density at radius 2 is 1.84 bits per heavy atom. The summed E-state index contributed by atoms with van der Waals surface area (Å²) in [6.45, 7) is 6.12. The van der Waals surface area contributed by atoms with E-state index < -0.39 is 5.97 Å². The van der Waals surface area contributed by atoms with Crippen LogP contribution in [0.2, 0.25) is 0 Å². The number of carbonyl (C=O) groups is 1. The zero-order valence-corrected chi connectivity index (χ0v) is 13.3. The maximum Gasteiger partial charge on any atom is 0.304 e. The van der Waals surface area contributed by atoms with Gasteiger partial charge < -0.3 is 9.84 Å². The lowest BCUT2D eigenvalue weighted by Gasteiger charge is -2.24. The Balaban J connectivity index is 2.66. The molecule has 19 heavy (non-hydrogen) atoms. The van der Waals surface area contributed by atoms with Gasteiger partial charge in [0.15, 0.2) is 0 Å². The van der Waals surface area contributed by atoms with E-state index >= 15 is 0 Å². The lowest BCUT2D eigenvalue weighted by atomic mass is 9.85. The van der Waals surface area contributed by atoms with Gasteiger partial charge in [-0.25, -0.2) is 0 Å². The summed E-state index contributed by atoms with van der Waals surface area (Å²) >= 11 is 3.63. The van der Waals surface area contributed by atoms with Crippen LogP contribution < -0.4 is 4.74 Å². The number of carboxylic acid groups (broad SMARTS) is 1. The molecule has 1 fully saturated rings. The smallest absolute Gasteiger partial charge is 0.304 e. The van der Waals surface area contributed by atoms with Crippen molar-refractivity contribution >= 4 is 21.9 Å². The molecule has 4 heteroatoms. The molecule has 1 aliphatic rings. The highest BCUT2D eigenvalue weighted by molar-refractivity contribution is 9.10. The first-order chi connectivity index (χ1) is 8.84. The van der Waals surface area contributed by atoms with Crippen molar-refractivity contribution in [3.8, 4) is 5.75 Å². The van der Waals surface area contributed by atoms with E-state index in [0.29, 0.717) is 0 Å². The molecule has 1 N–H and O–H groups in total. The molecular weight excluding hydrogens is 308 g/mol. The van der Waals surface area contributed by atoms with Crippen molar-refractivity contribution in [2.24, 2.45) is 0 Å². The lowest BCUT2D eigenvalue weighted by Crippen LogP contribution is -2.17. The molecule has 2 rings (SSSR count).